The Balaban J connectivity index is 0.000000217. The number of halogens is 2. The molecule has 0 spiro atoms. The predicted octanol–water partition coefficient (Wildman–Crippen LogP) is 14.0. The van der Waals surface area contributed by atoms with Crippen LogP contribution in [0.4, 0.5) is 0 Å². The first-order valence-electron chi connectivity index (χ1n) is 15.9. The van der Waals surface area contributed by atoms with Crippen molar-refractivity contribution < 1.29 is 20.8 Å². The Labute approximate surface area is 299 Å². The van der Waals surface area contributed by atoms with Crippen LogP contribution in [0.1, 0.15) is 68.4 Å². The van der Waals surface area contributed by atoms with Gasteiger partial charge in [-0.15, -0.1) is 63.0 Å². The summed E-state index contributed by atoms with van der Waals surface area (Å²) in [5.74, 6) is 0.584. The average Bonchev–Trinajstić information content (AvgIpc) is 3.62. The Morgan fingerprint density at radius 3 is 1.87 bits per heavy atom. The van der Waals surface area contributed by atoms with Gasteiger partial charge in [-0.05, 0) is 41.9 Å². The SMILES string of the molecule is CC(C)c1cc2c(-c3ccccc3)cccc2[cH-]1.C[Si]C.Cc1cc2c(-c3ccc(C(C)(C)C)cc3)c(C)c(C)cc2[cH-]1.[Cl][Zr+2][Cl]. The topological polar surface area (TPSA) is 0 Å². The first kappa shape index (κ1) is 38.2. The molecule has 0 saturated carbocycles. The molecule has 0 bridgehead atoms. The van der Waals surface area contributed by atoms with Crippen LogP contribution in [-0.2, 0) is 26.3 Å². The van der Waals surface area contributed by atoms with Gasteiger partial charge in [-0.1, -0.05) is 138 Å². The van der Waals surface area contributed by atoms with Crippen molar-refractivity contribution >= 4 is 48.1 Å². The van der Waals surface area contributed by atoms with Gasteiger partial charge < -0.3 is 0 Å². The molecular formula is C42H48Cl2SiZr. The van der Waals surface area contributed by atoms with Crippen LogP contribution in [0.2, 0.25) is 13.1 Å². The molecule has 0 N–H and O–H groups in total. The van der Waals surface area contributed by atoms with E-state index in [0.717, 1.165) is 9.52 Å². The van der Waals surface area contributed by atoms with Gasteiger partial charge in [0.05, 0.1) is 0 Å². The second-order valence-corrected chi connectivity index (χ2v) is 18.0. The predicted molar refractivity (Wildman–Crippen MR) is 206 cm³/mol. The van der Waals surface area contributed by atoms with Gasteiger partial charge in [-0.2, -0.15) is 12.1 Å². The Morgan fingerprint density at radius 1 is 0.696 bits per heavy atom. The van der Waals surface area contributed by atoms with Gasteiger partial charge in [0.1, 0.15) is 0 Å². The van der Waals surface area contributed by atoms with Crippen LogP contribution in [0.15, 0.2) is 103 Å². The maximum absolute atomic E-state index is 4.93. The molecule has 0 aromatic heterocycles. The summed E-state index contributed by atoms with van der Waals surface area (Å²) in [6.45, 7) is 22.2. The molecule has 0 nitrogen and oxygen atoms in total. The van der Waals surface area contributed by atoms with E-state index in [1.54, 1.807) is 0 Å². The number of hydrogen-bond donors (Lipinski definition) is 0. The summed E-state index contributed by atoms with van der Waals surface area (Å²) in [4.78, 5) is 0. The van der Waals surface area contributed by atoms with Gasteiger partial charge >= 0.3 is 37.9 Å². The van der Waals surface area contributed by atoms with Crippen molar-refractivity contribution in [3.8, 4) is 22.3 Å². The van der Waals surface area contributed by atoms with E-state index in [9.17, 15) is 0 Å². The van der Waals surface area contributed by atoms with Gasteiger partial charge in [0.25, 0.3) is 0 Å². The summed E-state index contributed by atoms with van der Waals surface area (Å²) in [6.07, 6.45) is 0. The van der Waals surface area contributed by atoms with Gasteiger partial charge in [-0.3, -0.25) is 0 Å². The van der Waals surface area contributed by atoms with Crippen molar-refractivity contribution in [1.29, 1.82) is 0 Å². The van der Waals surface area contributed by atoms with Gasteiger partial charge in [-0.25, -0.2) is 0 Å². The molecule has 238 valence electrons. The summed E-state index contributed by atoms with van der Waals surface area (Å²) >= 11 is -0.826. The molecule has 0 heterocycles. The van der Waals surface area contributed by atoms with Gasteiger partial charge in [0, 0.05) is 9.52 Å². The molecule has 0 aliphatic carbocycles. The Bertz CT molecular complexity index is 1800. The minimum atomic E-state index is -0.826. The van der Waals surface area contributed by atoms with Crippen LogP contribution in [0, 0.1) is 20.8 Å². The second-order valence-electron chi connectivity index (χ2n) is 13.2. The fourth-order valence-corrected chi connectivity index (χ4v) is 5.72. The van der Waals surface area contributed by atoms with Crippen LogP contribution in [0.25, 0.3) is 43.8 Å². The van der Waals surface area contributed by atoms with Crippen molar-refractivity contribution in [2.75, 3.05) is 0 Å². The number of aryl methyl sites for hydroxylation is 2. The van der Waals surface area contributed by atoms with Crippen LogP contribution < -0.4 is 0 Å². The van der Waals surface area contributed by atoms with Crippen molar-refractivity contribution in [3.63, 3.8) is 0 Å². The maximum atomic E-state index is 4.93. The summed E-state index contributed by atoms with van der Waals surface area (Å²) in [7, 11) is 11.0. The standard InChI is InChI=1S/C22H25.C18H17.C2H6Si.2ClH.Zr/c1-14-11-18-13-15(2)16(3)21(20(18)12-14)17-7-9-19(10-8-17)22(4,5)6;1-13(2)16-11-15-9-6-10-17(18(15)12-16)14-7-4-3-5-8-14;1-3-2;;;/h7-13H,1-6H3;3-13H,1-2H3;1-2H3;2*1H;/q2*-1;;;;+4/p-2. The van der Waals surface area contributed by atoms with Crippen LogP contribution >= 0.6 is 17.0 Å². The summed E-state index contributed by atoms with van der Waals surface area (Å²) in [5.41, 5.74) is 12.5. The number of fused-ring (bicyclic) bond motifs is 2. The van der Waals surface area contributed by atoms with E-state index in [1.165, 1.54) is 71.6 Å². The minimum absolute atomic E-state index is 0.201. The zero-order valence-corrected chi connectivity index (χ0v) is 34.1. The first-order valence-corrected chi connectivity index (χ1v) is 24.3. The third kappa shape index (κ3) is 9.90. The molecule has 4 heteroatoms. The summed E-state index contributed by atoms with van der Waals surface area (Å²) in [6, 6.07) is 37.8. The van der Waals surface area contributed by atoms with Gasteiger partial charge in [0.2, 0.25) is 0 Å². The summed E-state index contributed by atoms with van der Waals surface area (Å²) < 4.78 is 0. The fraction of sp³-hybridized carbons (Fsp3) is 0.286. The Morgan fingerprint density at radius 2 is 1.30 bits per heavy atom. The number of rotatable bonds is 3. The fourth-order valence-electron chi connectivity index (χ4n) is 5.72. The Hall–Kier alpha value is -2.22. The molecule has 2 radical (unpaired) electrons. The van der Waals surface area contributed by atoms with Crippen molar-refractivity contribution in [3.05, 3.63) is 131 Å². The normalized spacial score (nSPS) is 10.8. The number of hydrogen-bond acceptors (Lipinski definition) is 0. The van der Waals surface area contributed by atoms with Crippen LogP contribution in [0.5, 0.6) is 0 Å². The molecule has 0 amide bonds. The quantitative estimate of drug-likeness (QED) is 0.125. The van der Waals surface area contributed by atoms with Crippen molar-refractivity contribution in [2.45, 2.75) is 79.8 Å². The molecule has 0 fully saturated rings. The van der Waals surface area contributed by atoms with E-state index in [2.05, 4.69) is 172 Å². The Kier molecular flexibility index (Phi) is 14.8. The third-order valence-corrected chi connectivity index (χ3v) is 8.24. The molecule has 6 aromatic rings. The monoisotopic (exact) mass is 740 g/mol. The average molecular weight is 743 g/mol. The molecule has 0 unspecified atom stereocenters. The molecular weight excluding hydrogens is 695 g/mol. The van der Waals surface area contributed by atoms with E-state index in [-0.39, 0.29) is 5.41 Å². The zero-order valence-electron chi connectivity index (χ0n) is 29.1. The molecule has 46 heavy (non-hydrogen) atoms. The molecule has 0 aliphatic heterocycles. The van der Waals surface area contributed by atoms with E-state index in [0.29, 0.717) is 5.92 Å². The van der Waals surface area contributed by atoms with Crippen molar-refractivity contribution in [1.82, 2.24) is 0 Å². The zero-order chi connectivity index (χ0) is 34.0. The molecule has 6 aromatic carbocycles. The molecule has 0 aliphatic rings. The molecule has 0 saturated heterocycles. The molecule has 6 rings (SSSR count). The van der Waals surface area contributed by atoms with E-state index < -0.39 is 20.8 Å². The van der Waals surface area contributed by atoms with Crippen molar-refractivity contribution in [2.24, 2.45) is 0 Å². The summed E-state index contributed by atoms with van der Waals surface area (Å²) in [5, 5.41) is 5.45. The third-order valence-electron chi connectivity index (χ3n) is 8.24. The second kappa shape index (κ2) is 17.8. The van der Waals surface area contributed by atoms with Gasteiger partial charge in [0.15, 0.2) is 0 Å². The van der Waals surface area contributed by atoms with E-state index in [1.807, 2.05) is 0 Å². The van der Waals surface area contributed by atoms with E-state index in [4.69, 9.17) is 17.0 Å². The first-order chi connectivity index (χ1) is 21.9. The van der Waals surface area contributed by atoms with E-state index >= 15 is 0 Å². The van der Waals surface area contributed by atoms with Crippen LogP contribution in [-0.4, -0.2) is 9.52 Å². The van der Waals surface area contributed by atoms with Crippen LogP contribution in [0.3, 0.4) is 0 Å². The molecule has 0 atom stereocenters. The number of benzene rings is 4.